The quantitative estimate of drug-likeness (QED) is 0.550. The van der Waals surface area contributed by atoms with E-state index in [1.165, 1.54) is 0 Å². The van der Waals surface area contributed by atoms with E-state index in [0.29, 0.717) is 16.1 Å². The molecular formula is C16H12ClIO2. The molecule has 2 aromatic rings. The van der Waals surface area contributed by atoms with Gasteiger partial charge in [-0.1, -0.05) is 11.6 Å². The van der Waals surface area contributed by atoms with Crippen molar-refractivity contribution in [1.82, 2.24) is 0 Å². The number of aryl methyl sites for hydroxylation is 1. The number of rotatable bonds is 2. The van der Waals surface area contributed by atoms with Crippen molar-refractivity contribution in [3.05, 3.63) is 61.7 Å². The Morgan fingerprint density at radius 3 is 2.70 bits per heavy atom. The minimum atomic E-state index is -0.00308. The Balaban J connectivity index is 1.95. The van der Waals surface area contributed by atoms with Gasteiger partial charge in [0, 0.05) is 14.7 Å². The second-order valence-electron chi connectivity index (χ2n) is 4.73. The summed E-state index contributed by atoms with van der Waals surface area (Å²) in [5, 5.41) is 0.609. The van der Waals surface area contributed by atoms with Crippen LogP contribution in [-0.4, -0.2) is 12.4 Å². The first kappa shape index (κ1) is 13.9. The van der Waals surface area contributed by atoms with Crippen molar-refractivity contribution in [2.24, 2.45) is 0 Å². The number of fused-ring (bicyclic) bond motifs is 1. The van der Waals surface area contributed by atoms with Crippen LogP contribution in [0.1, 0.15) is 27.9 Å². The molecule has 0 aliphatic carbocycles. The standard InChI is InChI=1S/C16H12ClIO2/c17-13-9-12(3-5-14(13)18)16(19)11-4-6-15-10(8-11)2-1-7-20-15/h3-6,8-9H,1-2,7H2. The van der Waals surface area contributed by atoms with Crippen LogP contribution in [0.25, 0.3) is 0 Å². The van der Waals surface area contributed by atoms with E-state index < -0.39 is 0 Å². The smallest absolute Gasteiger partial charge is 0.193 e. The number of benzene rings is 2. The molecule has 1 aliphatic heterocycles. The first-order valence-electron chi connectivity index (χ1n) is 6.40. The van der Waals surface area contributed by atoms with E-state index in [9.17, 15) is 4.79 Å². The van der Waals surface area contributed by atoms with E-state index in [2.05, 4.69) is 22.6 Å². The van der Waals surface area contributed by atoms with Crippen molar-refractivity contribution < 1.29 is 9.53 Å². The van der Waals surface area contributed by atoms with Crippen LogP contribution in [0.15, 0.2) is 36.4 Å². The summed E-state index contributed by atoms with van der Waals surface area (Å²) in [6, 6.07) is 11.0. The van der Waals surface area contributed by atoms with E-state index >= 15 is 0 Å². The first-order valence-corrected chi connectivity index (χ1v) is 7.86. The van der Waals surface area contributed by atoms with Crippen LogP contribution in [0.3, 0.4) is 0 Å². The first-order chi connectivity index (χ1) is 9.65. The van der Waals surface area contributed by atoms with Crippen LogP contribution in [0.4, 0.5) is 0 Å². The van der Waals surface area contributed by atoms with Gasteiger partial charge in [-0.25, -0.2) is 0 Å². The summed E-state index contributed by atoms with van der Waals surface area (Å²) in [6.07, 6.45) is 1.96. The summed E-state index contributed by atoms with van der Waals surface area (Å²) in [7, 11) is 0. The summed E-state index contributed by atoms with van der Waals surface area (Å²) >= 11 is 8.23. The molecule has 0 radical (unpaired) electrons. The van der Waals surface area contributed by atoms with E-state index in [4.69, 9.17) is 16.3 Å². The Labute approximate surface area is 136 Å². The van der Waals surface area contributed by atoms with Gasteiger partial charge in [0.05, 0.1) is 11.6 Å². The van der Waals surface area contributed by atoms with Gasteiger partial charge in [0.25, 0.3) is 0 Å². The van der Waals surface area contributed by atoms with E-state index in [0.717, 1.165) is 34.3 Å². The van der Waals surface area contributed by atoms with Gasteiger partial charge in [0.2, 0.25) is 0 Å². The van der Waals surface area contributed by atoms with Gasteiger partial charge in [-0.3, -0.25) is 4.79 Å². The lowest BCUT2D eigenvalue weighted by Gasteiger charge is -2.17. The second kappa shape index (κ2) is 5.74. The molecular weight excluding hydrogens is 387 g/mol. The number of carbonyl (C=O) groups excluding carboxylic acids is 1. The van der Waals surface area contributed by atoms with Crippen molar-refractivity contribution in [2.75, 3.05) is 6.61 Å². The SMILES string of the molecule is O=C(c1ccc(I)c(Cl)c1)c1ccc2c(c1)CCCO2. The molecule has 2 aromatic carbocycles. The Morgan fingerprint density at radius 2 is 1.90 bits per heavy atom. The van der Waals surface area contributed by atoms with Gasteiger partial charge < -0.3 is 4.74 Å². The Bertz CT molecular complexity index is 682. The topological polar surface area (TPSA) is 26.3 Å². The fourth-order valence-electron chi connectivity index (χ4n) is 2.31. The number of carbonyl (C=O) groups is 1. The highest BCUT2D eigenvalue weighted by molar-refractivity contribution is 14.1. The third-order valence-electron chi connectivity index (χ3n) is 3.35. The maximum absolute atomic E-state index is 12.5. The van der Waals surface area contributed by atoms with Gasteiger partial charge in [0.15, 0.2) is 5.78 Å². The van der Waals surface area contributed by atoms with Gasteiger partial charge >= 0.3 is 0 Å². The van der Waals surface area contributed by atoms with Crippen molar-refractivity contribution in [2.45, 2.75) is 12.8 Å². The fourth-order valence-corrected chi connectivity index (χ4v) is 2.82. The normalized spacial score (nSPS) is 13.5. The third-order valence-corrected chi connectivity index (χ3v) is 4.92. The van der Waals surface area contributed by atoms with Crippen molar-refractivity contribution in [3.8, 4) is 5.75 Å². The largest absolute Gasteiger partial charge is 0.493 e. The number of hydrogen-bond donors (Lipinski definition) is 0. The maximum Gasteiger partial charge on any atom is 0.193 e. The summed E-state index contributed by atoms with van der Waals surface area (Å²) in [4.78, 5) is 12.5. The predicted octanol–water partition coefficient (Wildman–Crippen LogP) is 4.50. The molecule has 0 bridgehead atoms. The molecule has 0 spiro atoms. The molecule has 20 heavy (non-hydrogen) atoms. The molecule has 0 aromatic heterocycles. The van der Waals surface area contributed by atoms with E-state index in [-0.39, 0.29) is 5.78 Å². The Morgan fingerprint density at radius 1 is 1.15 bits per heavy atom. The number of ketones is 1. The van der Waals surface area contributed by atoms with E-state index in [1.54, 1.807) is 6.07 Å². The van der Waals surface area contributed by atoms with Crippen LogP contribution in [0.5, 0.6) is 5.75 Å². The molecule has 0 saturated heterocycles. The highest BCUT2D eigenvalue weighted by Crippen LogP contribution is 2.27. The molecule has 1 heterocycles. The minimum absolute atomic E-state index is 0.00308. The van der Waals surface area contributed by atoms with Crippen LogP contribution >= 0.6 is 34.2 Å². The van der Waals surface area contributed by atoms with Gasteiger partial charge in [-0.15, -0.1) is 0 Å². The van der Waals surface area contributed by atoms with E-state index in [1.807, 2.05) is 30.3 Å². The average Bonchev–Trinajstić information content (AvgIpc) is 2.49. The summed E-state index contributed by atoms with van der Waals surface area (Å²) < 4.78 is 6.51. The molecule has 1 aliphatic rings. The summed E-state index contributed by atoms with van der Waals surface area (Å²) in [6.45, 7) is 0.757. The van der Waals surface area contributed by atoms with Crippen LogP contribution in [0.2, 0.25) is 5.02 Å². The molecule has 0 unspecified atom stereocenters. The number of hydrogen-bond acceptors (Lipinski definition) is 2. The molecule has 0 N–H and O–H groups in total. The highest BCUT2D eigenvalue weighted by Gasteiger charge is 2.15. The summed E-state index contributed by atoms with van der Waals surface area (Å²) in [5.74, 6) is 0.894. The lowest BCUT2D eigenvalue weighted by Crippen LogP contribution is -2.10. The minimum Gasteiger partial charge on any atom is -0.493 e. The fraction of sp³-hybridized carbons (Fsp3) is 0.188. The third kappa shape index (κ3) is 2.69. The lowest BCUT2D eigenvalue weighted by atomic mass is 9.98. The average molecular weight is 399 g/mol. The summed E-state index contributed by atoms with van der Waals surface area (Å²) in [5.41, 5.74) is 2.41. The number of halogens is 2. The van der Waals surface area contributed by atoms with Crippen molar-refractivity contribution in [1.29, 1.82) is 0 Å². The van der Waals surface area contributed by atoms with Crippen molar-refractivity contribution >= 4 is 40.0 Å². The Kier molecular flexibility index (Phi) is 3.98. The highest BCUT2D eigenvalue weighted by atomic mass is 127. The van der Waals surface area contributed by atoms with Gasteiger partial charge in [-0.2, -0.15) is 0 Å². The van der Waals surface area contributed by atoms with Gasteiger partial charge in [0.1, 0.15) is 5.75 Å². The number of ether oxygens (including phenoxy) is 1. The molecule has 0 atom stereocenters. The van der Waals surface area contributed by atoms with Gasteiger partial charge in [-0.05, 0) is 77.4 Å². The zero-order valence-corrected chi connectivity index (χ0v) is 13.6. The monoisotopic (exact) mass is 398 g/mol. The molecule has 4 heteroatoms. The maximum atomic E-state index is 12.5. The lowest BCUT2D eigenvalue weighted by molar-refractivity contribution is 0.103. The van der Waals surface area contributed by atoms with Crippen LogP contribution < -0.4 is 4.74 Å². The predicted molar refractivity (Wildman–Crippen MR) is 87.9 cm³/mol. The zero-order chi connectivity index (χ0) is 14.1. The molecule has 2 nitrogen and oxygen atoms in total. The molecule has 0 amide bonds. The molecule has 102 valence electrons. The second-order valence-corrected chi connectivity index (χ2v) is 6.30. The van der Waals surface area contributed by atoms with Crippen LogP contribution in [-0.2, 0) is 6.42 Å². The van der Waals surface area contributed by atoms with Crippen LogP contribution in [0, 0.1) is 3.57 Å². The zero-order valence-electron chi connectivity index (χ0n) is 10.7. The molecule has 3 rings (SSSR count). The molecule has 0 saturated carbocycles. The van der Waals surface area contributed by atoms with Crippen molar-refractivity contribution in [3.63, 3.8) is 0 Å². The molecule has 0 fully saturated rings. The Hall–Kier alpha value is -1.07.